The summed E-state index contributed by atoms with van der Waals surface area (Å²) in [5, 5.41) is 24.4. The Kier molecular flexibility index (Phi) is 7.15. The van der Waals surface area contributed by atoms with Gasteiger partial charge >= 0.3 is 23.0 Å². The number of carbonyl (C=O) groups excluding carboxylic acids is 4. The summed E-state index contributed by atoms with van der Waals surface area (Å²) in [6, 6.07) is 2.84. The van der Waals surface area contributed by atoms with Gasteiger partial charge in [0.1, 0.15) is 11.8 Å². The van der Waals surface area contributed by atoms with Crippen LogP contribution >= 0.6 is 0 Å². The Labute approximate surface area is 185 Å². The number of non-ortho nitro benzene ring substituents is 1. The summed E-state index contributed by atoms with van der Waals surface area (Å²) in [5.74, 6) is -11.6. The van der Waals surface area contributed by atoms with Crippen LogP contribution in [0.15, 0.2) is 18.2 Å². The maximum Gasteiger partial charge on any atom is 4.00 e. The van der Waals surface area contributed by atoms with E-state index in [0.29, 0.717) is 0 Å². The molecule has 0 spiro atoms. The average molecular weight is 479 g/mol. The molecule has 31 heavy (non-hydrogen) atoms. The van der Waals surface area contributed by atoms with Crippen LogP contribution in [-0.4, -0.2) is 45.6 Å². The molecule has 0 atom stereocenters. The van der Waals surface area contributed by atoms with Crippen molar-refractivity contribution in [2.45, 2.75) is 44.7 Å². The van der Waals surface area contributed by atoms with E-state index < -0.39 is 56.9 Å². The maximum absolute atomic E-state index is 14.2. The van der Waals surface area contributed by atoms with Crippen molar-refractivity contribution in [1.29, 1.82) is 0 Å². The molecule has 166 valence electrons. The van der Waals surface area contributed by atoms with Crippen molar-refractivity contribution in [2.24, 2.45) is 0 Å². The van der Waals surface area contributed by atoms with Crippen molar-refractivity contribution < 1.29 is 50.0 Å². The minimum absolute atomic E-state index is 0. The van der Waals surface area contributed by atoms with E-state index in [1.165, 1.54) is 0 Å². The SMILES string of the molecule is CC1(C)[N-]C(=O)C(F)(F)C(=O)[N-]C(C)(C)C(=O)[N-]c2cc([N+](=O)[O-])ccc2[N-]C1=O.[Fe+4]. The van der Waals surface area contributed by atoms with Crippen LogP contribution in [0.3, 0.4) is 0 Å². The fourth-order valence-electron chi connectivity index (χ4n) is 2.14. The quantitative estimate of drug-likeness (QED) is 0.258. The molecule has 1 aromatic carbocycles. The van der Waals surface area contributed by atoms with Crippen LogP contribution in [0.2, 0.25) is 0 Å². The number of rotatable bonds is 1. The van der Waals surface area contributed by atoms with Crippen molar-refractivity contribution in [3.8, 4) is 0 Å². The third-order valence-corrected chi connectivity index (χ3v) is 3.96. The van der Waals surface area contributed by atoms with E-state index in [9.17, 15) is 38.1 Å². The number of hydrogen-bond donors (Lipinski definition) is 0. The molecule has 1 aromatic rings. The monoisotopic (exact) mass is 479 g/mol. The van der Waals surface area contributed by atoms with E-state index in [1.807, 2.05) is 0 Å². The summed E-state index contributed by atoms with van der Waals surface area (Å²) in [7, 11) is 0. The van der Waals surface area contributed by atoms with Gasteiger partial charge in [-0.2, -0.15) is 8.78 Å². The van der Waals surface area contributed by atoms with Gasteiger partial charge in [-0.25, -0.2) is 0 Å². The van der Waals surface area contributed by atoms with Gasteiger partial charge in [-0.3, -0.25) is 10.1 Å². The zero-order chi connectivity index (χ0) is 23.1. The number of alkyl halides is 2. The van der Waals surface area contributed by atoms with Gasteiger partial charge in [0.2, 0.25) is 0 Å². The van der Waals surface area contributed by atoms with Gasteiger partial charge in [-0.15, -0.1) is 11.4 Å². The summed E-state index contributed by atoms with van der Waals surface area (Å²) < 4.78 is 28.4. The number of carbonyl (C=O) groups is 4. The molecule has 0 unspecified atom stereocenters. The summed E-state index contributed by atoms with van der Waals surface area (Å²) in [5.41, 5.74) is -5.49. The molecule has 0 bridgehead atoms. The van der Waals surface area contributed by atoms with Crippen molar-refractivity contribution in [2.75, 3.05) is 0 Å². The van der Waals surface area contributed by atoms with Crippen LogP contribution in [0.25, 0.3) is 21.3 Å². The molecular weight excluding hydrogens is 464 g/mol. The van der Waals surface area contributed by atoms with E-state index in [1.54, 1.807) is 0 Å². The number of fused-ring (bicyclic) bond motifs is 1. The Morgan fingerprint density at radius 2 is 1.23 bits per heavy atom. The molecule has 1 aliphatic heterocycles. The number of amides is 4. The summed E-state index contributed by atoms with van der Waals surface area (Å²) in [4.78, 5) is 58.9. The molecule has 11 nitrogen and oxygen atoms in total. The smallest absolute Gasteiger partial charge is 0.638 e. The number of nitro benzene ring substituents is 1. The van der Waals surface area contributed by atoms with Gasteiger partial charge in [-0.05, 0) is 0 Å². The maximum atomic E-state index is 14.2. The number of nitro groups is 1. The molecule has 0 fully saturated rings. The normalized spacial score (nSPS) is 20.1. The van der Waals surface area contributed by atoms with Crippen molar-refractivity contribution in [3.63, 3.8) is 0 Å². The van der Waals surface area contributed by atoms with E-state index in [4.69, 9.17) is 0 Å². The van der Waals surface area contributed by atoms with Crippen molar-refractivity contribution in [1.82, 2.24) is 0 Å². The first kappa shape index (κ1) is 25.9. The van der Waals surface area contributed by atoms with Gasteiger partial charge in [0, 0.05) is 23.9 Å². The zero-order valence-corrected chi connectivity index (χ0v) is 17.6. The van der Waals surface area contributed by atoms with E-state index in [-0.39, 0.29) is 22.8 Å². The Bertz CT molecular complexity index is 966. The second-order valence-electron chi connectivity index (χ2n) is 7.29. The molecule has 0 aliphatic carbocycles. The molecule has 1 aliphatic rings. The van der Waals surface area contributed by atoms with Crippen LogP contribution in [-0.2, 0) is 36.2 Å². The first-order valence-corrected chi connectivity index (χ1v) is 8.31. The van der Waals surface area contributed by atoms with Gasteiger partial charge < -0.3 is 40.4 Å². The van der Waals surface area contributed by atoms with Gasteiger partial charge in [0.25, 0.3) is 5.69 Å². The minimum atomic E-state index is -4.73. The Morgan fingerprint density at radius 3 is 1.65 bits per heavy atom. The first-order chi connectivity index (χ1) is 13.6. The second-order valence-corrected chi connectivity index (χ2v) is 7.29. The van der Waals surface area contributed by atoms with Gasteiger partial charge in [0.05, 0.1) is 4.92 Å². The molecule has 2 rings (SSSR count). The Balaban J connectivity index is 0.00000480. The number of benzene rings is 1. The summed E-state index contributed by atoms with van der Waals surface area (Å²) >= 11 is 0. The fraction of sp³-hybridized carbons (Fsp3) is 0.412. The number of halogens is 2. The first-order valence-electron chi connectivity index (χ1n) is 8.31. The third-order valence-electron chi connectivity index (χ3n) is 3.96. The van der Waals surface area contributed by atoms with Crippen LogP contribution in [0.5, 0.6) is 0 Å². The van der Waals surface area contributed by atoms with Crippen LogP contribution in [0, 0.1) is 10.1 Å². The summed E-state index contributed by atoms with van der Waals surface area (Å²) in [6.07, 6.45) is 0. The topological polar surface area (TPSA) is 168 Å². The fourth-order valence-corrected chi connectivity index (χ4v) is 2.14. The number of hydrogen-bond acceptors (Lipinski definition) is 6. The van der Waals surface area contributed by atoms with Gasteiger partial charge in [0.15, 0.2) is 0 Å². The van der Waals surface area contributed by atoms with Gasteiger partial charge in [-0.1, -0.05) is 44.8 Å². The van der Waals surface area contributed by atoms with Crippen LogP contribution in [0.4, 0.5) is 25.8 Å². The molecular formula is C17H15F2FeN5O6. The Morgan fingerprint density at radius 1 is 0.806 bits per heavy atom. The third kappa shape index (κ3) is 5.33. The predicted octanol–water partition coefficient (Wildman–Crippen LogP) is 3.66. The van der Waals surface area contributed by atoms with Crippen molar-refractivity contribution in [3.05, 3.63) is 49.6 Å². The minimum Gasteiger partial charge on any atom is -0.638 e. The van der Waals surface area contributed by atoms with E-state index in [0.717, 1.165) is 45.9 Å². The molecule has 0 N–H and O–H groups in total. The van der Waals surface area contributed by atoms with Crippen LogP contribution in [0.1, 0.15) is 27.7 Å². The van der Waals surface area contributed by atoms with Crippen molar-refractivity contribution >= 4 is 40.7 Å². The average Bonchev–Trinajstić information content (AvgIpc) is 2.61. The Hall–Kier alpha value is -3.12. The molecule has 0 saturated carbocycles. The standard InChI is InChI=1S/C17H19F2N5O6.Fe/c1-15(2)11(25)20-9-6-5-8(24(29)30)7-10(9)21-12(26)16(3,4)23-14(28)17(18,19)13(27)22-15;/h5-7H,1-4H3,(H4,20,21,22,23,25,26,27,28);/q;+4/p-4. The zero-order valence-electron chi connectivity index (χ0n) is 16.5. The molecule has 1 heterocycles. The van der Waals surface area contributed by atoms with E-state index >= 15 is 0 Å². The molecule has 4 amide bonds. The molecule has 0 aromatic heterocycles. The molecule has 0 radical (unpaired) electrons. The van der Waals surface area contributed by atoms with Crippen LogP contribution < -0.4 is 0 Å². The molecule has 0 saturated heterocycles. The second kappa shape index (κ2) is 8.55. The largest absolute Gasteiger partial charge is 4.00 e. The number of nitrogens with zero attached hydrogens (tertiary/aromatic N) is 5. The molecule has 14 heteroatoms. The summed E-state index contributed by atoms with van der Waals surface area (Å²) in [6.45, 7) is 3.98. The van der Waals surface area contributed by atoms with E-state index in [2.05, 4.69) is 21.3 Å². The predicted molar refractivity (Wildman–Crippen MR) is 99.0 cm³/mol.